The van der Waals surface area contributed by atoms with Gasteiger partial charge in [0.15, 0.2) is 0 Å². The standard InChI is InChI=1S/C25H24N2O7/c1-33-23(29)15-21(18-9-11-20(12-10-18)27(31)32)24(25(30)34-2)26-22(28)14-16-7-8-17-5-3-4-6-19(17)13-16/h3-13,21,24H,14-15H2,1-2H3,(H,26,28)/t21-,24-/m0/s1. The molecule has 0 saturated heterocycles. The van der Waals surface area contributed by atoms with Crippen LogP contribution in [0.2, 0.25) is 0 Å². The summed E-state index contributed by atoms with van der Waals surface area (Å²) in [6, 6.07) is 17.6. The van der Waals surface area contributed by atoms with Crippen LogP contribution in [-0.4, -0.2) is 43.0 Å². The Morgan fingerprint density at radius 2 is 1.62 bits per heavy atom. The van der Waals surface area contributed by atoms with E-state index in [4.69, 9.17) is 9.47 Å². The Kier molecular flexibility index (Phi) is 7.92. The molecule has 9 nitrogen and oxygen atoms in total. The zero-order chi connectivity index (χ0) is 24.7. The van der Waals surface area contributed by atoms with Crippen LogP contribution >= 0.6 is 0 Å². The lowest BCUT2D eigenvalue weighted by molar-refractivity contribution is -0.384. The lowest BCUT2D eigenvalue weighted by atomic mass is 9.88. The number of ether oxygens (including phenoxy) is 2. The fourth-order valence-corrected chi connectivity index (χ4v) is 3.74. The molecule has 0 unspecified atom stereocenters. The average molecular weight is 464 g/mol. The third-order valence-electron chi connectivity index (χ3n) is 5.50. The number of methoxy groups -OCH3 is 2. The van der Waals surface area contributed by atoms with E-state index < -0.39 is 34.7 Å². The molecule has 9 heteroatoms. The first kappa shape index (κ1) is 24.4. The van der Waals surface area contributed by atoms with Gasteiger partial charge in [0.1, 0.15) is 6.04 Å². The first-order chi connectivity index (χ1) is 16.3. The molecular formula is C25H24N2O7. The number of amides is 1. The second-order valence-electron chi connectivity index (χ2n) is 7.66. The van der Waals surface area contributed by atoms with Gasteiger partial charge in [-0.05, 0) is 21.9 Å². The topological polar surface area (TPSA) is 125 Å². The summed E-state index contributed by atoms with van der Waals surface area (Å²) in [7, 11) is 2.39. The quantitative estimate of drug-likeness (QED) is 0.293. The summed E-state index contributed by atoms with van der Waals surface area (Å²) in [5.41, 5.74) is 1.05. The Morgan fingerprint density at radius 1 is 0.941 bits per heavy atom. The van der Waals surface area contributed by atoms with Crippen LogP contribution in [0.5, 0.6) is 0 Å². The normalized spacial score (nSPS) is 12.4. The van der Waals surface area contributed by atoms with Crippen LogP contribution in [0.25, 0.3) is 10.8 Å². The minimum absolute atomic E-state index is 0.00351. The Labute approximate surface area is 195 Å². The van der Waals surface area contributed by atoms with Crippen LogP contribution in [0.4, 0.5) is 5.69 Å². The van der Waals surface area contributed by atoms with Gasteiger partial charge >= 0.3 is 11.9 Å². The molecule has 0 saturated carbocycles. The van der Waals surface area contributed by atoms with E-state index in [-0.39, 0.29) is 18.5 Å². The number of rotatable bonds is 9. The molecule has 0 heterocycles. The Hall–Kier alpha value is -4.27. The number of nitrogens with one attached hydrogen (secondary N) is 1. The largest absolute Gasteiger partial charge is 0.469 e. The fourth-order valence-electron chi connectivity index (χ4n) is 3.74. The van der Waals surface area contributed by atoms with Crippen molar-refractivity contribution in [2.24, 2.45) is 0 Å². The van der Waals surface area contributed by atoms with Gasteiger partial charge in [-0.25, -0.2) is 4.79 Å². The number of hydrogen-bond donors (Lipinski definition) is 1. The number of nitro groups is 1. The van der Waals surface area contributed by atoms with Crippen LogP contribution in [0.15, 0.2) is 66.7 Å². The zero-order valence-electron chi connectivity index (χ0n) is 18.7. The van der Waals surface area contributed by atoms with Crippen molar-refractivity contribution in [1.29, 1.82) is 0 Å². The summed E-state index contributed by atoms with van der Waals surface area (Å²) in [5, 5.41) is 15.7. The molecule has 0 spiro atoms. The minimum atomic E-state index is -1.21. The third-order valence-corrected chi connectivity index (χ3v) is 5.50. The van der Waals surface area contributed by atoms with Crippen molar-refractivity contribution in [2.45, 2.75) is 24.8 Å². The third kappa shape index (κ3) is 5.94. The summed E-state index contributed by atoms with van der Waals surface area (Å²) < 4.78 is 9.64. The molecule has 0 bridgehead atoms. The van der Waals surface area contributed by atoms with E-state index in [9.17, 15) is 24.5 Å². The van der Waals surface area contributed by atoms with E-state index in [1.54, 1.807) is 0 Å². The van der Waals surface area contributed by atoms with E-state index in [0.29, 0.717) is 5.56 Å². The number of non-ortho nitro benzene ring substituents is 1. The highest BCUT2D eigenvalue weighted by molar-refractivity contribution is 5.89. The van der Waals surface area contributed by atoms with Gasteiger partial charge in [-0.15, -0.1) is 0 Å². The highest BCUT2D eigenvalue weighted by Gasteiger charge is 2.34. The number of carbonyl (C=O) groups is 3. The summed E-state index contributed by atoms with van der Waals surface area (Å²) in [6.45, 7) is 0. The molecule has 0 aliphatic rings. The molecule has 3 aromatic rings. The lowest BCUT2D eigenvalue weighted by Crippen LogP contribution is -2.46. The maximum Gasteiger partial charge on any atom is 0.329 e. The second kappa shape index (κ2) is 11.0. The maximum atomic E-state index is 12.9. The Balaban J connectivity index is 1.87. The van der Waals surface area contributed by atoms with Gasteiger partial charge in [-0.3, -0.25) is 19.7 Å². The van der Waals surface area contributed by atoms with Gasteiger partial charge in [0.05, 0.1) is 32.0 Å². The molecule has 0 aromatic heterocycles. The van der Waals surface area contributed by atoms with Crippen LogP contribution in [0.3, 0.4) is 0 Å². The smallest absolute Gasteiger partial charge is 0.329 e. The minimum Gasteiger partial charge on any atom is -0.469 e. The van der Waals surface area contributed by atoms with Crippen LogP contribution in [-0.2, 0) is 30.3 Å². The molecule has 1 amide bonds. The molecule has 3 rings (SSSR count). The van der Waals surface area contributed by atoms with Crippen LogP contribution in [0, 0.1) is 10.1 Å². The van der Waals surface area contributed by atoms with Crippen molar-refractivity contribution < 1.29 is 28.8 Å². The molecule has 0 aliphatic heterocycles. The predicted molar refractivity (Wildman–Crippen MR) is 124 cm³/mol. The molecule has 2 atom stereocenters. The van der Waals surface area contributed by atoms with Gasteiger partial charge < -0.3 is 14.8 Å². The first-order valence-corrected chi connectivity index (χ1v) is 10.5. The number of nitro benzene ring substituents is 1. The van der Waals surface area contributed by atoms with Gasteiger partial charge in [0, 0.05) is 18.1 Å². The fraction of sp³-hybridized carbons (Fsp3) is 0.240. The van der Waals surface area contributed by atoms with Crippen molar-refractivity contribution in [3.05, 3.63) is 88.0 Å². The van der Waals surface area contributed by atoms with Crippen LogP contribution < -0.4 is 5.32 Å². The molecule has 176 valence electrons. The lowest BCUT2D eigenvalue weighted by Gasteiger charge is -2.26. The van der Waals surface area contributed by atoms with Gasteiger partial charge in [-0.1, -0.05) is 54.6 Å². The number of benzene rings is 3. The summed E-state index contributed by atoms with van der Waals surface area (Å²) in [4.78, 5) is 48.1. The van der Waals surface area contributed by atoms with E-state index in [0.717, 1.165) is 16.3 Å². The second-order valence-corrected chi connectivity index (χ2v) is 7.66. The zero-order valence-corrected chi connectivity index (χ0v) is 18.7. The Morgan fingerprint density at radius 3 is 2.24 bits per heavy atom. The van der Waals surface area contributed by atoms with Crippen molar-refractivity contribution in [3.8, 4) is 0 Å². The van der Waals surface area contributed by atoms with Gasteiger partial charge in [0.25, 0.3) is 5.69 Å². The average Bonchev–Trinajstić information content (AvgIpc) is 2.85. The first-order valence-electron chi connectivity index (χ1n) is 10.5. The molecular weight excluding hydrogens is 440 g/mol. The summed E-state index contributed by atoms with van der Waals surface area (Å²) in [5.74, 6) is -2.66. The highest BCUT2D eigenvalue weighted by Crippen LogP contribution is 2.27. The number of esters is 2. The summed E-state index contributed by atoms with van der Waals surface area (Å²) >= 11 is 0. The maximum absolute atomic E-state index is 12.9. The number of hydrogen-bond acceptors (Lipinski definition) is 7. The number of carbonyl (C=O) groups excluding carboxylic acids is 3. The molecule has 3 aromatic carbocycles. The molecule has 0 aliphatic carbocycles. The Bertz CT molecular complexity index is 1210. The van der Waals surface area contributed by atoms with Crippen molar-refractivity contribution in [3.63, 3.8) is 0 Å². The molecule has 0 radical (unpaired) electrons. The van der Waals surface area contributed by atoms with Crippen LogP contribution in [0.1, 0.15) is 23.5 Å². The van der Waals surface area contributed by atoms with E-state index >= 15 is 0 Å². The molecule has 0 fully saturated rings. The van der Waals surface area contributed by atoms with Gasteiger partial charge in [-0.2, -0.15) is 0 Å². The van der Waals surface area contributed by atoms with Crippen molar-refractivity contribution >= 4 is 34.3 Å². The highest BCUT2D eigenvalue weighted by atomic mass is 16.6. The van der Waals surface area contributed by atoms with Crippen molar-refractivity contribution in [2.75, 3.05) is 14.2 Å². The number of nitrogens with zero attached hydrogens (tertiary/aromatic N) is 1. The van der Waals surface area contributed by atoms with E-state index in [1.807, 2.05) is 42.5 Å². The monoisotopic (exact) mass is 464 g/mol. The van der Waals surface area contributed by atoms with Gasteiger partial charge in [0.2, 0.25) is 5.91 Å². The van der Waals surface area contributed by atoms with Crippen molar-refractivity contribution in [1.82, 2.24) is 5.32 Å². The van der Waals surface area contributed by atoms with E-state index in [2.05, 4.69) is 5.32 Å². The number of fused-ring (bicyclic) bond motifs is 1. The summed E-state index contributed by atoms with van der Waals surface area (Å²) in [6.07, 6.45) is -0.242. The predicted octanol–water partition coefficient (Wildman–Crippen LogP) is 3.30. The molecule has 34 heavy (non-hydrogen) atoms. The molecule has 1 N–H and O–H groups in total. The van der Waals surface area contributed by atoms with E-state index in [1.165, 1.54) is 38.5 Å². The SMILES string of the molecule is COC(=O)C[C@@H](c1ccc([N+](=O)[O-])cc1)[C@H](NC(=O)Cc1ccc2ccccc2c1)C(=O)OC.